The highest BCUT2D eigenvalue weighted by Gasteiger charge is 2.47. The maximum absolute atomic E-state index is 12.4. The number of hydrogen-bond donors (Lipinski definition) is 4. The Hall–Kier alpha value is -1.73. The Labute approximate surface area is 169 Å². The predicted octanol–water partition coefficient (Wildman–Crippen LogP) is 2.56. The van der Waals surface area contributed by atoms with Gasteiger partial charge in [-0.25, -0.2) is 0 Å². The molecule has 1 heterocycles. The van der Waals surface area contributed by atoms with Crippen LogP contribution in [0.2, 0.25) is 0 Å². The van der Waals surface area contributed by atoms with Crippen molar-refractivity contribution in [2.75, 3.05) is 40.0 Å². The highest BCUT2D eigenvalue weighted by atomic mass is 32.2. The van der Waals surface area contributed by atoms with Gasteiger partial charge in [-0.05, 0) is 37.8 Å². The number of hydrogen-bond acceptors (Lipinski definition) is 5. The summed E-state index contributed by atoms with van der Waals surface area (Å²) in [6, 6.07) is 0. The van der Waals surface area contributed by atoms with Crippen molar-refractivity contribution in [2.45, 2.75) is 26.7 Å². The van der Waals surface area contributed by atoms with E-state index in [2.05, 4.69) is 34.8 Å². The fourth-order valence-electron chi connectivity index (χ4n) is 3.16. The normalized spacial score (nSPS) is 22.2. The summed E-state index contributed by atoms with van der Waals surface area (Å²) in [4.78, 5) is 14.5. The molecule has 0 aromatic heterocycles. The van der Waals surface area contributed by atoms with Crippen molar-refractivity contribution in [2.24, 2.45) is 17.1 Å². The average Bonchev–Trinajstić information content (AvgIpc) is 3.04. The molecule has 1 fully saturated rings. The van der Waals surface area contributed by atoms with Crippen LogP contribution in [-0.4, -0.2) is 56.6 Å². The first-order chi connectivity index (χ1) is 12.9. The summed E-state index contributed by atoms with van der Waals surface area (Å²) < 4.78 is 0. The van der Waals surface area contributed by atoms with E-state index in [-0.39, 0.29) is 17.2 Å². The van der Waals surface area contributed by atoms with Gasteiger partial charge in [-0.2, -0.15) is 0 Å². The van der Waals surface area contributed by atoms with Gasteiger partial charge in [-0.15, -0.1) is 18.3 Å². The van der Waals surface area contributed by atoms with E-state index < -0.39 is 0 Å². The van der Waals surface area contributed by atoms with Crippen LogP contribution < -0.4 is 16.4 Å². The second-order valence-corrected chi connectivity index (χ2v) is 7.49. The van der Waals surface area contributed by atoms with Crippen molar-refractivity contribution in [1.29, 1.82) is 5.41 Å². The smallest absolute Gasteiger partial charge is 0.225 e. The van der Waals surface area contributed by atoms with Crippen LogP contribution in [0.5, 0.6) is 0 Å². The first-order valence-electron chi connectivity index (χ1n) is 9.26. The van der Waals surface area contributed by atoms with Gasteiger partial charge in [0.25, 0.3) is 0 Å². The van der Waals surface area contributed by atoms with E-state index in [1.807, 2.05) is 37.7 Å². The average molecular weight is 396 g/mol. The minimum absolute atomic E-state index is 0.0594. The van der Waals surface area contributed by atoms with Crippen LogP contribution in [0.3, 0.4) is 0 Å². The molecule has 1 rings (SSSR count). The third kappa shape index (κ3) is 7.42. The molecule has 0 aliphatic carbocycles. The number of thioether (sulfide) groups is 1. The van der Waals surface area contributed by atoms with E-state index >= 15 is 0 Å². The summed E-state index contributed by atoms with van der Waals surface area (Å²) >= 11 is 1.70. The lowest BCUT2D eigenvalue weighted by molar-refractivity contribution is -0.126. The summed E-state index contributed by atoms with van der Waals surface area (Å²) in [6.07, 6.45) is 7.45. The predicted molar refractivity (Wildman–Crippen MR) is 119 cm³/mol. The SMILES string of the molecule is C=CCC/C(=C\C)C(=N)N1CC(C(=O)NC)C(C)(CS/C=C\NC)C1.CN. The fraction of sp³-hybridized carbons (Fsp3) is 0.600. The van der Waals surface area contributed by atoms with Crippen LogP contribution in [0.15, 0.2) is 35.9 Å². The standard InChI is InChI=1S/C19H32N4OS.CH5N/c1-6-8-9-15(7-2)17(20)23-12-16(18(24)22-5)19(3,13-23)14-25-11-10-21-4;1-2/h6-7,10-11,16,20-21H,1,8-9,12-14H2,2-5H3,(H,22,24);2H2,1H3/b11-10-,15-7+,20-17?;. The van der Waals surface area contributed by atoms with Crippen LogP contribution >= 0.6 is 11.8 Å². The number of allylic oxidation sites excluding steroid dienone is 2. The molecule has 5 N–H and O–H groups in total. The molecule has 2 atom stereocenters. The number of carbonyl (C=O) groups is 1. The van der Waals surface area contributed by atoms with Crippen molar-refractivity contribution >= 4 is 23.5 Å². The minimum atomic E-state index is -0.174. The number of amidine groups is 1. The third-order valence-corrected chi connectivity index (χ3v) is 5.84. The van der Waals surface area contributed by atoms with Gasteiger partial charge in [-0.3, -0.25) is 10.2 Å². The molecule has 1 aliphatic heterocycles. The van der Waals surface area contributed by atoms with E-state index in [9.17, 15) is 4.79 Å². The Morgan fingerprint density at radius 1 is 1.44 bits per heavy atom. The Balaban J connectivity index is 0.00000326. The zero-order chi connectivity index (χ0) is 20.9. The molecule has 2 unspecified atom stereocenters. The van der Waals surface area contributed by atoms with Gasteiger partial charge >= 0.3 is 0 Å². The van der Waals surface area contributed by atoms with E-state index in [1.54, 1.807) is 18.8 Å². The van der Waals surface area contributed by atoms with Crippen molar-refractivity contribution in [1.82, 2.24) is 15.5 Å². The van der Waals surface area contributed by atoms with Crippen LogP contribution in [-0.2, 0) is 4.79 Å². The summed E-state index contributed by atoms with van der Waals surface area (Å²) in [5.74, 6) is 1.32. The molecule has 0 aromatic rings. The highest BCUT2D eigenvalue weighted by molar-refractivity contribution is 8.02. The second-order valence-electron chi connectivity index (χ2n) is 6.59. The van der Waals surface area contributed by atoms with Crippen LogP contribution in [0.25, 0.3) is 0 Å². The van der Waals surface area contributed by atoms with Gasteiger partial charge < -0.3 is 21.3 Å². The molecule has 1 amide bonds. The first-order valence-corrected chi connectivity index (χ1v) is 10.3. The minimum Gasteiger partial charge on any atom is -0.394 e. The number of rotatable bonds is 9. The van der Waals surface area contributed by atoms with Crippen LogP contribution in [0.1, 0.15) is 26.7 Å². The number of carbonyl (C=O) groups excluding carboxylic acids is 1. The molecule has 1 aliphatic rings. The van der Waals surface area contributed by atoms with Crippen molar-refractivity contribution in [3.63, 3.8) is 0 Å². The molecular formula is C20H37N5OS. The van der Waals surface area contributed by atoms with Gasteiger partial charge in [0.05, 0.1) is 5.92 Å². The number of likely N-dealkylation sites (tertiary alicyclic amines) is 1. The van der Waals surface area contributed by atoms with Gasteiger partial charge in [-0.1, -0.05) is 19.1 Å². The molecule has 6 nitrogen and oxygen atoms in total. The molecule has 27 heavy (non-hydrogen) atoms. The Morgan fingerprint density at radius 3 is 2.63 bits per heavy atom. The van der Waals surface area contributed by atoms with E-state index in [0.29, 0.717) is 12.4 Å². The maximum atomic E-state index is 12.4. The largest absolute Gasteiger partial charge is 0.394 e. The fourth-order valence-corrected chi connectivity index (χ4v) is 4.16. The number of nitrogens with zero attached hydrogens (tertiary/aromatic N) is 1. The summed E-state index contributed by atoms with van der Waals surface area (Å²) in [5.41, 5.74) is 5.34. The number of amides is 1. The van der Waals surface area contributed by atoms with Gasteiger partial charge in [0, 0.05) is 44.6 Å². The topological polar surface area (TPSA) is 94.2 Å². The lowest BCUT2D eigenvalue weighted by atomic mass is 9.81. The van der Waals surface area contributed by atoms with Crippen molar-refractivity contribution in [3.8, 4) is 0 Å². The third-order valence-electron chi connectivity index (χ3n) is 4.69. The zero-order valence-corrected chi connectivity index (χ0v) is 18.3. The van der Waals surface area contributed by atoms with Crippen LogP contribution in [0, 0.1) is 16.7 Å². The Bertz CT molecular complexity index is 546. The summed E-state index contributed by atoms with van der Waals surface area (Å²) in [6.45, 7) is 9.20. The summed E-state index contributed by atoms with van der Waals surface area (Å²) in [5, 5.41) is 16.4. The molecule has 7 heteroatoms. The lowest BCUT2D eigenvalue weighted by Crippen LogP contribution is -2.39. The Kier molecular flexibility index (Phi) is 12.6. The van der Waals surface area contributed by atoms with E-state index in [0.717, 1.165) is 30.7 Å². The zero-order valence-electron chi connectivity index (χ0n) is 17.5. The van der Waals surface area contributed by atoms with Gasteiger partial charge in [0.15, 0.2) is 0 Å². The first kappa shape index (κ1) is 25.3. The molecule has 0 radical (unpaired) electrons. The van der Waals surface area contributed by atoms with Gasteiger partial charge in [0.2, 0.25) is 5.91 Å². The number of nitrogens with one attached hydrogen (secondary N) is 3. The highest BCUT2D eigenvalue weighted by Crippen LogP contribution is 2.39. The van der Waals surface area contributed by atoms with E-state index in [1.165, 1.54) is 7.05 Å². The van der Waals surface area contributed by atoms with Crippen molar-refractivity contribution < 1.29 is 4.79 Å². The molecule has 0 saturated carbocycles. The van der Waals surface area contributed by atoms with Crippen molar-refractivity contribution in [3.05, 3.63) is 35.9 Å². The molecular weight excluding hydrogens is 358 g/mol. The molecule has 0 bridgehead atoms. The molecule has 154 valence electrons. The van der Waals surface area contributed by atoms with Gasteiger partial charge in [0.1, 0.15) is 5.84 Å². The number of nitrogens with two attached hydrogens (primary N) is 1. The quantitative estimate of drug-likeness (QED) is 0.273. The molecule has 0 spiro atoms. The molecule has 1 saturated heterocycles. The van der Waals surface area contributed by atoms with E-state index in [4.69, 9.17) is 5.41 Å². The second kappa shape index (κ2) is 13.4. The van der Waals surface area contributed by atoms with Crippen LogP contribution in [0.4, 0.5) is 0 Å². The maximum Gasteiger partial charge on any atom is 0.225 e. The Morgan fingerprint density at radius 2 is 2.11 bits per heavy atom. The monoisotopic (exact) mass is 395 g/mol. The lowest BCUT2D eigenvalue weighted by Gasteiger charge is -2.28. The summed E-state index contributed by atoms with van der Waals surface area (Å²) in [7, 11) is 5.05. The molecule has 0 aromatic carbocycles.